The Bertz CT molecular complexity index is 874. The molecule has 0 amide bonds. The van der Waals surface area contributed by atoms with Gasteiger partial charge in [0.25, 0.3) is 0 Å². The molecule has 5 nitrogen and oxygen atoms in total. The Labute approximate surface area is 211 Å². The molecule has 1 aromatic heterocycles. The minimum absolute atomic E-state index is 0. The van der Waals surface area contributed by atoms with Crippen molar-refractivity contribution in [1.29, 1.82) is 0 Å². The predicted octanol–water partition coefficient (Wildman–Crippen LogP) is 5.05. The lowest BCUT2D eigenvalue weighted by Crippen LogP contribution is -2.48. The smallest absolute Gasteiger partial charge is 0.193 e. The lowest BCUT2D eigenvalue weighted by Gasteiger charge is -2.39. The number of aliphatic imine (C=N–C) groups is 1. The lowest BCUT2D eigenvalue weighted by molar-refractivity contribution is 0.0512. The fourth-order valence-electron chi connectivity index (χ4n) is 4.58. The summed E-state index contributed by atoms with van der Waals surface area (Å²) in [4.78, 5) is 13.1. The van der Waals surface area contributed by atoms with Gasteiger partial charge in [0.2, 0.25) is 0 Å². The first-order valence-electron chi connectivity index (χ1n) is 10.8. The minimum Gasteiger partial charge on any atom is -0.381 e. The molecule has 2 heterocycles. The average Bonchev–Trinajstić information content (AvgIpc) is 3.17. The van der Waals surface area contributed by atoms with Crippen LogP contribution >= 0.6 is 46.9 Å². The zero-order valence-corrected chi connectivity index (χ0v) is 22.2. The number of halogens is 2. The van der Waals surface area contributed by atoms with Gasteiger partial charge in [-0.05, 0) is 50.2 Å². The van der Waals surface area contributed by atoms with Crippen LogP contribution in [0.5, 0.6) is 0 Å². The molecule has 170 valence electrons. The van der Waals surface area contributed by atoms with Crippen molar-refractivity contribution < 1.29 is 4.74 Å². The Hall–Kier alpha value is -0.900. The molecule has 0 radical (unpaired) electrons. The van der Waals surface area contributed by atoms with E-state index in [0.29, 0.717) is 0 Å². The maximum atomic E-state index is 6.60. The number of aryl methyl sites for hydroxylation is 2. The van der Waals surface area contributed by atoms with Gasteiger partial charge in [-0.3, -0.25) is 4.99 Å². The van der Waals surface area contributed by atoms with E-state index in [4.69, 9.17) is 21.3 Å². The van der Waals surface area contributed by atoms with Gasteiger partial charge in [-0.2, -0.15) is 0 Å². The lowest BCUT2D eigenvalue weighted by atomic mass is 9.74. The van der Waals surface area contributed by atoms with Gasteiger partial charge in [-0.1, -0.05) is 29.8 Å². The Morgan fingerprint density at radius 1 is 1.26 bits per heavy atom. The Morgan fingerprint density at radius 3 is 2.71 bits per heavy atom. The molecule has 1 N–H and O–H groups in total. The second-order valence-electron chi connectivity index (χ2n) is 8.31. The van der Waals surface area contributed by atoms with Crippen molar-refractivity contribution in [3.8, 4) is 0 Å². The summed E-state index contributed by atoms with van der Waals surface area (Å²) in [6.45, 7) is 3.07. The quantitative estimate of drug-likeness (QED) is 0.309. The molecule has 0 spiro atoms. The van der Waals surface area contributed by atoms with E-state index in [0.717, 1.165) is 56.5 Å². The number of hydrogen-bond donors (Lipinski definition) is 1. The topological polar surface area (TPSA) is 49.8 Å². The van der Waals surface area contributed by atoms with Crippen molar-refractivity contribution >= 4 is 52.9 Å². The van der Waals surface area contributed by atoms with Crippen molar-refractivity contribution in [2.24, 2.45) is 4.99 Å². The Kier molecular flexibility index (Phi) is 9.01. The third kappa shape index (κ3) is 5.72. The number of ether oxygens (including phenoxy) is 1. The SMILES string of the molecule is CN=C(NCC1(c2ccccc2Cl)CCOCC1)N(C)Cc1nc2c(s1)CCCC2.I. The van der Waals surface area contributed by atoms with Crippen LogP contribution in [0.15, 0.2) is 29.3 Å². The monoisotopic (exact) mass is 574 g/mol. The number of nitrogens with zero attached hydrogens (tertiary/aromatic N) is 3. The van der Waals surface area contributed by atoms with Gasteiger partial charge in [0.1, 0.15) is 5.01 Å². The van der Waals surface area contributed by atoms with Gasteiger partial charge in [0.05, 0.1) is 12.2 Å². The molecule has 8 heteroatoms. The van der Waals surface area contributed by atoms with E-state index in [1.807, 2.05) is 30.5 Å². The molecule has 0 atom stereocenters. The van der Waals surface area contributed by atoms with Gasteiger partial charge in [0.15, 0.2) is 5.96 Å². The number of rotatable bonds is 5. The van der Waals surface area contributed by atoms with Crippen LogP contribution in [0.4, 0.5) is 0 Å². The van der Waals surface area contributed by atoms with E-state index in [2.05, 4.69) is 34.4 Å². The molecule has 1 fully saturated rings. The summed E-state index contributed by atoms with van der Waals surface area (Å²) >= 11 is 8.47. The molecule has 2 aliphatic rings. The van der Waals surface area contributed by atoms with Crippen LogP contribution in [-0.4, -0.2) is 49.7 Å². The summed E-state index contributed by atoms with van der Waals surface area (Å²) in [6, 6.07) is 8.21. The number of aromatic nitrogens is 1. The second-order valence-corrected chi connectivity index (χ2v) is 9.89. The van der Waals surface area contributed by atoms with E-state index < -0.39 is 0 Å². The molecule has 1 aliphatic carbocycles. The fraction of sp³-hybridized carbons (Fsp3) is 0.565. The van der Waals surface area contributed by atoms with Crippen molar-refractivity contribution in [3.63, 3.8) is 0 Å². The molecule has 1 saturated heterocycles. The van der Waals surface area contributed by atoms with Crippen LogP contribution in [0.2, 0.25) is 5.02 Å². The van der Waals surface area contributed by atoms with Gasteiger partial charge in [-0.15, -0.1) is 35.3 Å². The van der Waals surface area contributed by atoms with Crippen LogP contribution in [-0.2, 0) is 29.5 Å². The standard InChI is InChI=1S/C23H31ClN4OS.HI/c1-25-22(28(2)15-21-27-19-9-5-6-10-20(19)30-21)26-16-23(11-13-29-14-12-23)17-7-3-4-8-18(17)24;/h3-4,7-8H,5-6,9-16H2,1-2H3,(H,25,26);1H. The highest BCUT2D eigenvalue weighted by molar-refractivity contribution is 14.0. The first-order valence-corrected chi connectivity index (χ1v) is 12.0. The summed E-state index contributed by atoms with van der Waals surface area (Å²) in [7, 11) is 3.93. The van der Waals surface area contributed by atoms with E-state index in [1.54, 1.807) is 0 Å². The number of nitrogens with one attached hydrogen (secondary N) is 1. The van der Waals surface area contributed by atoms with E-state index in [1.165, 1.54) is 40.4 Å². The van der Waals surface area contributed by atoms with Crippen molar-refractivity contribution in [2.75, 3.05) is 33.9 Å². The fourth-order valence-corrected chi connectivity index (χ4v) is 6.13. The van der Waals surface area contributed by atoms with Crippen molar-refractivity contribution in [3.05, 3.63) is 50.4 Å². The second kappa shape index (κ2) is 11.3. The van der Waals surface area contributed by atoms with Crippen LogP contribution in [0, 0.1) is 0 Å². The zero-order chi connectivity index (χ0) is 21.0. The molecule has 0 bridgehead atoms. The summed E-state index contributed by atoms with van der Waals surface area (Å²) in [5.74, 6) is 0.890. The molecule has 4 rings (SSSR count). The Morgan fingerprint density at radius 2 is 2.00 bits per heavy atom. The first-order chi connectivity index (χ1) is 14.6. The first kappa shape index (κ1) is 24.7. The summed E-state index contributed by atoms with van der Waals surface area (Å²) in [6.07, 6.45) is 6.77. The number of benzene rings is 1. The van der Waals surface area contributed by atoms with E-state index >= 15 is 0 Å². The molecule has 0 unspecified atom stereocenters. The van der Waals surface area contributed by atoms with Crippen molar-refractivity contribution in [2.45, 2.75) is 50.5 Å². The number of guanidine groups is 1. The molecular weight excluding hydrogens is 543 g/mol. The third-order valence-electron chi connectivity index (χ3n) is 6.32. The highest BCUT2D eigenvalue weighted by Gasteiger charge is 2.36. The van der Waals surface area contributed by atoms with E-state index in [-0.39, 0.29) is 29.4 Å². The largest absolute Gasteiger partial charge is 0.381 e. The van der Waals surface area contributed by atoms with E-state index in [9.17, 15) is 0 Å². The number of thiazole rings is 1. The average molecular weight is 575 g/mol. The van der Waals surface area contributed by atoms with Crippen molar-refractivity contribution in [1.82, 2.24) is 15.2 Å². The summed E-state index contributed by atoms with van der Waals surface area (Å²) < 4.78 is 5.67. The summed E-state index contributed by atoms with van der Waals surface area (Å²) in [5.41, 5.74) is 2.47. The van der Waals surface area contributed by atoms with Crippen LogP contribution in [0.25, 0.3) is 0 Å². The molecule has 1 aliphatic heterocycles. The van der Waals surface area contributed by atoms with Crippen LogP contribution < -0.4 is 5.32 Å². The molecular formula is C23H32ClIN4OS. The molecule has 31 heavy (non-hydrogen) atoms. The summed E-state index contributed by atoms with van der Waals surface area (Å²) in [5, 5.41) is 5.64. The van der Waals surface area contributed by atoms with Gasteiger partial charge in [0, 0.05) is 49.2 Å². The van der Waals surface area contributed by atoms with Gasteiger partial charge in [-0.25, -0.2) is 4.98 Å². The number of hydrogen-bond acceptors (Lipinski definition) is 4. The molecule has 2 aromatic rings. The van der Waals surface area contributed by atoms with Gasteiger partial charge >= 0.3 is 0 Å². The van der Waals surface area contributed by atoms with Gasteiger partial charge < -0.3 is 15.0 Å². The van der Waals surface area contributed by atoms with Crippen LogP contribution in [0.1, 0.15) is 46.8 Å². The predicted molar refractivity (Wildman–Crippen MR) is 140 cm³/mol. The minimum atomic E-state index is -0.0480. The molecule has 1 aromatic carbocycles. The third-order valence-corrected chi connectivity index (χ3v) is 7.79. The highest BCUT2D eigenvalue weighted by Crippen LogP contribution is 2.38. The zero-order valence-electron chi connectivity index (χ0n) is 18.3. The highest BCUT2D eigenvalue weighted by atomic mass is 127. The maximum Gasteiger partial charge on any atom is 0.193 e. The molecule has 0 saturated carbocycles. The van der Waals surface area contributed by atoms with Crippen LogP contribution in [0.3, 0.4) is 0 Å². The maximum absolute atomic E-state index is 6.60. The normalized spacial score (nSPS) is 18.1. The Balaban J connectivity index is 0.00000272. The number of fused-ring (bicyclic) bond motifs is 1.